The van der Waals surface area contributed by atoms with Gasteiger partial charge >= 0.3 is 0 Å². The van der Waals surface area contributed by atoms with Crippen molar-refractivity contribution in [1.82, 2.24) is 14.6 Å². The molecule has 21 heavy (non-hydrogen) atoms. The number of pyridine rings is 1. The lowest BCUT2D eigenvalue weighted by Crippen LogP contribution is -2.01. The molecule has 0 aliphatic rings. The second kappa shape index (κ2) is 5.85. The van der Waals surface area contributed by atoms with Gasteiger partial charge in [-0.25, -0.2) is 4.52 Å². The molecule has 3 rings (SSSR count). The monoisotopic (exact) mass is 344 g/mol. The highest BCUT2D eigenvalue weighted by Crippen LogP contribution is 2.16. The summed E-state index contributed by atoms with van der Waals surface area (Å²) in [6.45, 7) is 5.12. The van der Waals surface area contributed by atoms with Crippen LogP contribution in [0.25, 0.3) is 5.65 Å². The number of rotatable bonds is 4. The molecule has 2 aromatic heterocycles. The molecule has 0 saturated carbocycles. The summed E-state index contributed by atoms with van der Waals surface area (Å²) >= 11 is 3.43. The molecule has 0 unspecified atom stereocenters. The van der Waals surface area contributed by atoms with Gasteiger partial charge in [-0.3, -0.25) is 0 Å². The third kappa shape index (κ3) is 3.24. The maximum atomic E-state index is 4.43. The van der Waals surface area contributed by atoms with E-state index in [1.165, 1.54) is 11.1 Å². The summed E-state index contributed by atoms with van der Waals surface area (Å²) in [7, 11) is 0. The third-order valence-corrected chi connectivity index (χ3v) is 3.86. The van der Waals surface area contributed by atoms with E-state index in [4.69, 9.17) is 0 Å². The van der Waals surface area contributed by atoms with Gasteiger partial charge in [-0.1, -0.05) is 38.1 Å². The van der Waals surface area contributed by atoms with Crippen LogP contribution in [0.4, 0.5) is 5.95 Å². The predicted octanol–water partition coefficient (Wildman–Crippen LogP) is 4.23. The molecule has 1 aromatic carbocycles. The highest BCUT2D eigenvalue weighted by molar-refractivity contribution is 9.10. The standard InChI is InChI=1S/C16H17BrN4/c1-11(2)13-5-3-12(4-6-13)9-18-16-19-15-8-7-14(17)10-21(15)20-16/h3-8,10-11H,9H2,1-2H3,(H,18,20). The first-order chi connectivity index (χ1) is 10.1. The molecule has 0 atom stereocenters. The van der Waals surface area contributed by atoms with Crippen molar-refractivity contribution in [1.29, 1.82) is 0 Å². The quantitative estimate of drug-likeness (QED) is 0.770. The van der Waals surface area contributed by atoms with E-state index >= 15 is 0 Å². The van der Waals surface area contributed by atoms with Gasteiger partial charge in [-0.2, -0.15) is 4.98 Å². The van der Waals surface area contributed by atoms with Gasteiger partial charge in [0, 0.05) is 17.2 Å². The van der Waals surface area contributed by atoms with E-state index in [1.54, 1.807) is 4.52 Å². The van der Waals surface area contributed by atoms with Gasteiger partial charge in [0.2, 0.25) is 5.95 Å². The summed E-state index contributed by atoms with van der Waals surface area (Å²) in [5, 5.41) is 7.66. The van der Waals surface area contributed by atoms with E-state index in [0.717, 1.165) is 16.7 Å². The van der Waals surface area contributed by atoms with Gasteiger partial charge < -0.3 is 5.32 Å². The minimum Gasteiger partial charge on any atom is -0.349 e. The molecule has 4 nitrogen and oxygen atoms in total. The number of anilines is 1. The van der Waals surface area contributed by atoms with E-state index in [-0.39, 0.29) is 0 Å². The number of nitrogens with one attached hydrogen (secondary N) is 1. The van der Waals surface area contributed by atoms with Crippen molar-refractivity contribution in [2.24, 2.45) is 0 Å². The molecule has 0 radical (unpaired) electrons. The lowest BCUT2D eigenvalue weighted by molar-refractivity contribution is 0.865. The molecule has 0 saturated heterocycles. The van der Waals surface area contributed by atoms with Crippen molar-refractivity contribution >= 4 is 27.5 Å². The lowest BCUT2D eigenvalue weighted by atomic mass is 10.0. The Hall–Kier alpha value is -1.88. The van der Waals surface area contributed by atoms with Crippen LogP contribution in [0.5, 0.6) is 0 Å². The minimum atomic E-state index is 0.561. The molecule has 0 aliphatic carbocycles. The summed E-state index contributed by atoms with van der Waals surface area (Å²) in [6, 6.07) is 12.5. The second-order valence-electron chi connectivity index (χ2n) is 5.34. The smallest absolute Gasteiger partial charge is 0.243 e. The summed E-state index contributed by atoms with van der Waals surface area (Å²) < 4.78 is 2.74. The predicted molar refractivity (Wildman–Crippen MR) is 88.5 cm³/mol. The Morgan fingerprint density at radius 3 is 2.62 bits per heavy atom. The van der Waals surface area contributed by atoms with E-state index in [2.05, 4.69) is 69.4 Å². The molecule has 0 aliphatic heterocycles. The lowest BCUT2D eigenvalue weighted by Gasteiger charge is -2.07. The first-order valence-corrected chi connectivity index (χ1v) is 7.76. The van der Waals surface area contributed by atoms with Gasteiger partial charge in [0.25, 0.3) is 0 Å². The first-order valence-electron chi connectivity index (χ1n) is 6.96. The molecule has 2 heterocycles. The number of halogens is 1. The van der Waals surface area contributed by atoms with Gasteiger partial charge in [0.05, 0.1) is 0 Å². The molecular formula is C16H17BrN4. The maximum Gasteiger partial charge on any atom is 0.243 e. The number of hydrogen-bond acceptors (Lipinski definition) is 3. The minimum absolute atomic E-state index is 0.561. The Morgan fingerprint density at radius 2 is 1.90 bits per heavy atom. The summed E-state index contributed by atoms with van der Waals surface area (Å²) in [4.78, 5) is 4.43. The summed E-state index contributed by atoms with van der Waals surface area (Å²) in [5.74, 6) is 1.20. The SMILES string of the molecule is CC(C)c1ccc(CNc2nc3ccc(Br)cn3n2)cc1. The third-order valence-electron chi connectivity index (χ3n) is 3.39. The van der Waals surface area contributed by atoms with Crippen LogP contribution in [0.3, 0.4) is 0 Å². The Balaban J connectivity index is 1.71. The van der Waals surface area contributed by atoms with Crippen LogP contribution in [-0.4, -0.2) is 14.6 Å². The average molecular weight is 345 g/mol. The number of fused-ring (bicyclic) bond motifs is 1. The van der Waals surface area contributed by atoms with Crippen LogP contribution in [0.1, 0.15) is 30.9 Å². The van der Waals surface area contributed by atoms with Crippen molar-refractivity contribution < 1.29 is 0 Å². The van der Waals surface area contributed by atoms with Crippen molar-refractivity contribution in [2.75, 3.05) is 5.32 Å². The molecule has 108 valence electrons. The Labute approximate surface area is 132 Å². The fraction of sp³-hybridized carbons (Fsp3) is 0.250. The molecular weight excluding hydrogens is 328 g/mol. The van der Waals surface area contributed by atoms with Gasteiger partial charge in [0.15, 0.2) is 5.65 Å². The van der Waals surface area contributed by atoms with Crippen molar-refractivity contribution in [3.8, 4) is 0 Å². The Morgan fingerprint density at radius 1 is 1.14 bits per heavy atom. The van der Waals surface area contributed by atoms with Crippen molar-refractivity contribution in [3.05, 3.63) is 58.2 Å². The number of hydrogen-bond donors (Lipinski definition) is 1. The van der Waals surface area contributed by atoms with Gasteiger partial charge in [-0.05, 0) is 45.1 Å². The van der Waals surface area contributed by atoms with Crippen LogP contribution < -0.4 is 5.32 Å². The molecule has 0 bridgehead atoms. The molecule has 3 aromatic rings. The Bertz CT molecular complexity index is 747. The number of aromatic nitrogens is 3. The number of nitrogens with zero attached hydrogens (tertiary/aromatic N) is 3. The molecule has 0 amide bonds. The van der Waals surface area contributed by atoms with E-state index in [9.17, 15) is 0 Å². The fourth-order valence-electron chi connectivity index (χ4n) is 2.13. The second-order valence-corrected chi connectivity index (χ2v) is 6.25. The van der Waals surface area contributed by atoms with Crippen LogP contribution in [0.2, 0.25) is 0 Å². The zero-order valence-electron chi connectivity index (χ0n) is 12.0. The molecule has 1 N–H and O–H groups in total. The van der Waals surface area contributed by atoms with E-state index in [1.807, 2.05) is 18.3 Å². The van der Waals surface area contributed by atoms with E-state index in [0.29, 0.717) is 11.9 Å². The van der Waals surface area contributed by atoms with Crippen LogP contribution >= 0.6 is 15.9 Å². The van der Waals surface area contributed by atoms with Gasteiger partial charge in [-0.15, -0.1) is 5.10 Å². The highest BCUT2D eigenvalue weighted by atomic mass is 79.9. The number of benzene rings is 1. The highest BCUT2D eigenvalue weighted by Gasteiger charge is 2.04. The zero-order valence-corrected chi connectivity index (χ0v) is 13.6. The summed E-state index contributed by atoms with van der Waals surface area (Å²) in [6.07, 6.45) is 1.89. The Kier molecular flexibility index (Phi) is 3.92. The zero-order chi connectivity index (χ0) is 14.8. The van der Waals surface area contributed by atoms with Crippen molar-refractivity contribution in [3.63, 3.8) is 0 Å². The van der Waals surface area contributed by atoms with Crippen molar-refractivity contribution in [2.45, 2.75) is 26.3 Å². The van der Waals surface area contributed by atoms with Crippen LogP contribution in [0.15, 0.2) is 47.1 Å². The summed E-state index contributed by atoms with van der Waals surface area (Å²) in [5.41, 5.74) is 3.41. The van der Waals surface area contributed by atoms with E-state index < -0.39 is 0 Å². The van der Waals surface area contributed by atoms with Crippen LogP contribution in [0, 0.1) is 0 Å². The normalized spacial score (nSPS) is 11.2. The molecule has 0 spiro atoms. The van der Waals surface area contributed by atoms with Crippen LogP contribution in [-0.2, 0) is 6.54 Å². The maximum absolute atomic E-state index is 4.43. The fourth-order valence-corrected chi connectivity index (χ4v) is 2.46. The average Bonchev–Trinajstić information content (AvgIpc) is 2.87. The first kappa shape index (κ1) is 14.1. The van der Waals surface area contributed by atoms with Gasteiger partial charge in [0.1, 0.15) is 0 Å². The molecule has 5 heteroatoms. The topological polar surface area (TPSA) is 42.2 Å². The largest absolute Gasteiger partial charge is 0.349 e. The molecule has 0 fully saturated rings.